The van der Waals surface area contributed by atoms with Gasteiger partial charge in [0.05, 0.1) is 34.7 Å². The zero-order chi connectivity index (χ0) is 30.6. The fraction of sp³-hybridized carbons (Fsp3) is 0.457. The molecule has 4 aliphatic carbocycles. The van der Waals surface area contributed by atoms with Crippen LogP contribution in [0.25, 0.3) is 22.8 Å². The number of amides is 1. The van der Waals surface area contributed by atoms with Crippen molar-refractivity contribution in [1.29, 1.82) is 0 Å². The lowest BCUT2D eigenvalue weighted by atomic mass is 9.45. The summed E-state index contributed by atoms with van der Waals surface area (Å²) in [6.07, 6.45) is 7.46. The van der Waals surface area contributed by atoms with Gasteiger partial charge >= 0.3 is 0 Å². The number of allylic oxidation sites excluding steroid dienone is 1. The fourth-order valence-electron chi connectivity index (χ4n) is 9.81. The number of aliphatic hydroxyl groups excluding tert-OH is 1. The highest BCUT2D eigenvalue weighted by atomic mass is 19.1. The minimum Gasteiger partial charge on any atom is -0.393 e. The predicted molar refractivity (Wildman–Crippen MR) is 165 cm³/mol. The molecule has 8 nitrogen and oxygen atoms in total. The number of para-hydroxylation sites is 2. The van der Waals surface area contributed by atoms with Gasteiger partial charge in [0, 0.05) is 12.5 Å². The number of benzene rings is 2. The van der Waals surface area contributed by atoms with E-state index >= 15 is 0 Å². The molecule has 3 fully saturated rings. The fourth-order valence-corrected chi connectivity index (χ4v) is 9.81. The van der Waals surface area contributed by atoms with E-state index in [4.69, 9.17) is 0 Å². The lowest BCUT2D eigenvalue weighted by Gasteiger charge is -2.60. The van der Waals surface area contributed by atoms with E-state index in [2.05, 4.69) is 28.4 Å². The lowest BCUT2D eigenvalue weighted by molar-refractivity contribution is -0.177. The van der Waals surface area contributed by atoms with Crippen molar-refractivity contribution in [3.63, 3.8) is 0 Å². The van der Waals surface area contributed by atoms with Crippen LogP contribution in [0.4, 0.5) is 10.3 Å². The first-order chi connectivity index (χ1) is 21.0. The van der Waals surface area contributed by atoms with Crippen molar-refractivity contribution < 1.29 is 19.4 Å². The zero-order valence-electron chi connectivity index (χ0n) is 25.3. The van der Waals surface area contributed by atoms with E-state index in [0.717, 1.165) is 53.7 Å². The third-order valence-corrected chi connectivity index (χ3v) is 12.0. The van der Waals surface area contributed by atoms with Crippen LogP contribution in [-0.2, 0) is 18.3 Å². The Bertz CT molecular complexity index is 1840. The summed E-state index contributed by atoms with van der Waals surface area (Å²) >= 11 is 0. The Hall–Kier alpha value is -3.82. The minimum atomic E-state index is -1.62. The Morgan fingerprint density at radius 2 is 1.89 bits per heavy atom. The van der Waals surface area contributed by atoms with Crippen molar-refractivity contribution in [3.05, 3.63) is 77.4 Å². The first-order valence-corrected chi connectivity index (χ1v) is 15.7. The Morgan fingerprint density at radius 1 is 1.11 bits per heavy atom. The summed E-state index contributed by atoms with van der Waals surface area (Å²) < 4.78 is 17.3. The first kappa shape index (κ1) is 27.7. The average molecular weight is 596 g/mol. The molecule has 2 aromatic carbocycles. The van der Waals surface area contributed by atoms with Gasteiger partial charge in [-0.25, -0.2) is 14.1 Å². The average Bonchev–Trinajstić information content (AvgIpc) is 3.63. The van der Waals surface area contributed by atoms with E-state index in [0.29, 0.717) is 18.8 Å². The largest absolute Gasteiger partial charge is 0.393 e. The van der Waals surface area contributed by atoms with Gasteiger partial charge in [0.2, 0.25) is 5.95 Å². The highest BCUT2D eigenvalue weighted by molar-refractivity contribution is 5.98. The molecule has 3 N–H and O–H groups in total. The summed E-state index contributed by atoms with van der Waals surface area (Å²) in [4.78, 5) is 18.5. The second-order valence-electron chi connectivity index (χ2n) is 14.1. The molecule has 0 aliphatic heterocycles. The molecule has 1 amide bonds. The molecule has 2 aromatic heterocycles. The van der Waals surface area contributed by atoms with Gasteiger partial charge in [-0.15, -0.1) is 0 Å². The molecule has 5 unspecified atom stereocenters. The number of nitrogens with one attached hydrogen (secondary N) is 1. The lowest BCUT2D eigenvalue weighted by Crippen LogP contribution is -2.62. The van der Waals surface area contributed by atoms with Crippen LogP contribution in [0.2, 0.25) is 0 Å². The maximum atomic E-state index is 13.9. The molecule has 0 bridgehead atoms. The van der Waals surface area contributed by atoms with Crippen LogP contribution in [0.5, 0.6) is 0 Å². The Balaban J connectivity index is 1.09. The van der Waals surface area contributed by atoms with Gasteiger partial charge in [0.25, 0.3) is 5.91 Å². The standard InChI is InChI=1S/C35H38FN5O3/c1-33-17-20-19-37-41(23-11-9-22(36)10-12-23)28(20)16-21(33)8-13-24-25-14-15-35(44,34(25,2)18-29(42)30(24)33)31(43)39-32-38-26-6-4-5-7-27(26)40(32)3/h4-7,9-12,16,19,24-25,29-30,42,44H,8,13-15,17-18H2,1-3H3,(H,38,39,43)/t24?,25?,29-,30?,33?,34?,35-/m0/s1. The van der Waals surface area contributed by atoms with Gasteiger partial charge in [-0.2, -0.15) is 5.10 Å². The van der Waals surface area contributed by atoms with Crippen molar-refractivity contribution in [1.82, 2.24) is 19.3 Å². The number of hydrogen-bond donors (Lipinski definition) is 3. The van der Waals surface area contributed by atoms with Gasteiger partial charge in [-0.1, -0.05) is 31.6 Å². The SMILES string of the molecule is Cn1c(NC(=O)[C@@]2(O)CCC3C4CCC5=Cc6c(cnn6-c6ccc(F)cc6)CC5(C)C4[C@@H](O)CC32C)nc2ccccc21. The number of halogens is 1. The van der Waals surface area contributed by atoms with E-state index in [1.54, 1.807) is 12.1 Å². The van der Waals surface area contributed by atoms with E-state index in [-0.39, 0.29) is 29.0 Å². The van der Waals surface area contributed by atoms with E-state index in [1.807, 2.05) is 53.7 Å². The highest BCUT2D eigenvalue weighted by Crippen LogP contribution is 2.67. The second kappa shape index (κ2) is 9.34. The molecule has 2 heterocycles. The number of aromatic nitrogens is 4. The van der Waals surface area contributed by atoms with Gasteiger partial charge in [-0.3, -0.25) is 10.1 Å². The number of aryl methyl sites for hydroxylation is 1. The van der Waals surface area contributed by atoms with Crippen LogP contribution in [-0.4, -0.2) is 47.2 Å². The maximum Gasteiger partial charge on any atom is 0.259 e. The Kier molecular flexibility index (Phi) is 5.88. The maximum absolute atomic E-state index is 13.9. The number of carbonyl (C=O) groups excluding carboxylic acids is 1. The number of imidazole rings is 1. The third-order valence-electron chi connectivity index (χ3n) is 12.0. The summed E-state index contributed by atoms with van der Waals surface area (Å²) in [5.41, 5.74) is 3.30. The highest BCUT2D eigenvalue weighted by Gasteiger charge is 2.68. The van der Waals surface area contributed by atoms with Crippen LogP contribution in [0.1, 0.15) is 57.2 Å². The molecule has 0 saturated heterocycles. The molecule has 3 saturated carbocycles. The van der Waals surface area contributed by atoms with E-state index < -0.39 is 23.0 Å². The monoisotopic (exact) mass is 595 g/mol. The molecule has 4 aliphatic rings. The molecule has 9 heteroatoms. The topological polar surface area (TPSA) is 105 Å². The number of carbonyl (C=O) groups is 1. The van der Waals surface area contributed by atoms with Crippen molar-refractivity contribution in [2.24, 2.45) is 35.6 Å². The number of fused-ring (bicyclic) bond motifs is 7. The molecule has 228 valence electrons. The molecule has 4 aromatic rings. The molecule has 0 radical (unpaired) electrons. The molecule has 0 spiro atoms. The van der Waals surface area contributed by atoms with Crippen molar-refractivity contribution in [2.45, 2.75) is 64.1 Å². The zero-order valence-corrected chi connectivity index (χ0v) is 25.3. The number of rotatable bonds is 3. The van der Waals surface area contributed by atoms with Gasteiger partial charge in [0.1, 0.15) is 11.4 Å². The third kappa shape index (κ3) is 3.65. The summed E-state index contributed by atoms with van der Waals surface area (Å²) in [6.45, 7) is 4.29. The van der Waals surface area contributed by atoms with Crippen LogP contribution >= 0.6 is 0 Å². The van der Waals surface area contributed by atoms with Crippen molar-refractivity contribution in [3.8, 4) is 5.69 Å². The number of anilines is 1. The van der Waals surface area contributed by atoms with E-state index in [1.165, 1.54) is 17.7 Å². The summed E-state index contributed by atoms with van der Waals surface area (Å²) in [7, 11) is 1.86. The summed E-state index contributed by atoms with van der Waals surface area (Å²) in [5.74, 6) is -0.0207. The number of hydrogen-bond acceptors (Lipinski definition) is 5. The van der Waals surface area contributed by atoms with Crippen molar-refractivity contribution in [2.75, 3.05) is 5.32 Å². The summed E-state index contributed by atoms with van der Waals surface area (Å²) in [5, 5.41) is 31.8. The van der Waals surface area contributed by atoms with E-state index in [9.17, 15) is 19.4 Å². The van der Waals surface area contributed by atoms with Crippen LogP contribution < -0.4 is 5.32 Å². The second-order valence-corrected chi connectivity index (χ2v) is 14.1. The molecule has 44 heavy (non-hydrogen) atoms. The Morgan fingerprint density at radius 3 is 2.66 bits per heavy atom. The first-order valence-electron chi connectivity index (χ1n) is 15.7. The molecule has 7 atom stereocenters. The quantitative estimate of drug-likeness (QED) is 0.293. The van der Waals surface area contributed by atoms with Gasteiger partial charge < -0.3 is 14.8 Å². The molecular weight excluding hydrogens is 557 g/mol. The smallest absolute Gasteiger partial charge is 0.259 e. The van der Waals surface area contributed by atoms with Crippen LogP contribution in [0.3, 0.4) is 0 Å². The predicted octanol–water partition coefficient (Wildman–Crippen LogP) is 5.42. The molecular formula is C35H38FN5O3. The van der Waals surface area contributed by atoms with Gasteiger partial charge in [0.15, 0.2) is 0 Å². The van der Waals surface area contributed by atoms with Crippen LogP contribution in [0.15, 0.2) is 60.3 Å². The normalized spacial score (nSPS) is 34.1. The van der Waals surface area contributed by atoms with Crippen molar-refractivity contribution >= 4 is 29.0 Å². The number of aliphatic hydroxyl groups is 2. The number of nitrogens with zero attached hydrogens (tertiary/aromatic N) is 4. The van der Waals surface area contributed by atoms with Gasteiger partial charge in [-0.05, 0) is 110 Å². The summed E-state index contributed by atoms with van der Waals surface area (Å²) in [6, 6.07) is 14.1. The minimum absolute atomic E-state index is 0.00754. The molecule has 8 rings (SSSR count). The van der Waals surface area contributed by atoms with Crippen LogP contribution in [0, 0.1) is 34.4 Å². The Labute approximate surface area is 255 Å².